The predicted octanol–water partition coefficient (Wildman–Crippen LogP) is 3.45. The number of rotatable bonds is 7. The summed E-state index contributed by atoms with van der Waals surface area (Å²) >= 11 is 0. The highest BCUT2D eigenvalue weighted by atomic mass is 32.2. The standard InChI is InChI=1S/C22H25NO6S/c1-15(2)29-18-7-5-16(6-8-18)22(24)23(17-11-12-30(25,26)14-17)20-10-9-19(27-3)13-21(20)28-4/h5-13,15,17H,14H2,1-4H3. The van der Waals surface area contributed by atoms with Crippen molar-refractivity contribution in [2.45, 2.75) is 26.0 Å². The van der Waals surface area contributed by atoms with E-state index in [9.17, 15) is 13.2 Å². The Morgan fingerprint density at radius 2 is 1.70 bits per heavy atom. The molecule has 0 aromatic heterocycles. The third-order valence-electron chi connectivity index (χ3n) is 4.58. The number of hydrogen-bond acceptors (Lipinski definition) is 6. The zero-order valence-electron chi connectivity index (χ0n) is 17.4. The van der Waals surface area contributed by atoms with Gasteiger partial charge in [-0.05, 0) is 56.3 Å². The van der Waals surface area contributed by atoms with Gasteiger partial charge in [-0.25, -0.2) is 8.42 Å². The van der Waals surface area contributed by atoms with Crippen molar-refractivity contribution in [1.29, 1.82) is 0 Å². The molecule has 0 fully saturated rings. The summed E-state index contributed by atoms with van der Waals surface area (Å²) in [5.41, 5.74) is 0.860. The zero-order chi connectivity index (χ0) is 21.9. The number of hydrogen-bond donors (Lipinski definition) is 0. The summed E-state index contributed by atoms with van der Waals surface area (Å²) in [6.45, 7) is 3.84. The maximum atomic E-state index is 13.5. The molecule has 2 aromatic rings. The number of nitrogens with zero attached hydrogens (tertiary/aromatic N) is 1. The van der Waals surface area contributed by atoms with Gasteiger partial charge in [0, 0.05) is 17.0 Å². The van der Waals surface area contributed by atoms with E-state index in [0.29, 0.717) is 28.5 Å². The lowest BCUT2D eigenvalue weighted by atomic mass is 10.1. The van der Waals surface area contributed by atoms with Crippen molar-refractivity contribution in [2.75, 3.05) is 24.9 Å². The Bertz CT molecular complexity index is 1040. The maximum absolute atomic E-state index is 13.5. The van der Waals surface area contributed by atoms with Gasteiger partial charge in [-0.2, -0.15) is 0 Å². The first kappa shape index (κ1) is 21.7. The van der Waals surface area contributed by atoms with Crippen molar-refractivity contribution in [1.82, 2.24) is 0 Å². The molecule has 2 aromatic carbocycles. The fraction of sp³-hybridized carbons (Fsp3) is 0.318. The van der Waals surface area contributed by atoms with E-state index in [-0.39, 0.29) is 17.8 Å². The minimum Gasteiger partial charge on any atom is -0.497 e. The number of carbonyl (C=O) groups excluding carboxylic acids is 1. The van der Waals surface area contributed by atoms with E-state index in [1.54, 1.807) is 42.5 Å². The largest absolute Gasteiger partial charge is 0.497 e. The van der Waals surface area contributed by atoms with Gasteiger partial charge in [-0.3, -0.25) is 9.69 Å². The summed E-state index contributed by atoms with van der Waals surface area (Å²) in [5.74, 6) is 1.08. The highest BCUT2D eigenvalue weighted by molar-refractivity contribution is 7.94. The Labute approximate surface area is 176 Å². The van der Waals surface area contributed by atoms with Crippen LogP contribution in [0.15, 0.2) is 53.9 Å². The molecule has 30 heavy (non-hydrogen) atoms. The van der Waals surface area contributed by atoms with Crippen LogP contribution in [0, 0.1) is 0 Å². The molecule has 0 spiro atoms. The first-order valence-corrected chi connectivity index (χ1v) is 11.2. The number of methoxy groups -OCH3 is 2. The third-order valence-corrected chi connectivity index (χ3v) is 5.96. The molecule has 1 aliphatic rings. The van der Waals surface area contributed by atoms with Crippen LogP contribution in [-0.4, -0.2) is 46.4 Å². The fourth-order valence-corrected chi connectivity index (χ4v) is 4.50. The molecule has 0 N–H and O–H groups in total. The molecular formula is C22H25NO6S. The molecule has 1 heterocycles. The Morgan fingerprint density at radius 1 is 1.03 bits per heavy atom. The van der Waals surface area contributed by atoms with Crippen molar-refractivity contribution in [3.8, 4) is 17.2 Å². The lowest BCUT2D eigenvalue weighted by Crippen LogP contribution is -2.41. The summed E-state index contributed by atoms with van der Waals surface area (Å²) < 4.78 is 40.4. The van der Waals surface area contributed by atoms with Gasteiger partial charge < -0.3 is 14.2 Å². The third kappa shape index (κ3) is 4.76. The lowest BCUT2D eigenvalue weighted by molar-refractivity contribution is 0.0982. The van der Waals surface area contributed by atoms with Crippen molar-refractivity contribution in [3.05, 3.63) is 59.5 Å². The monoisotopic (exact) mass is 431 g/mol. The predicted molar refractivity (Wildman–Crippen MR) is 115 cm³/mol. The average molecular weight is 432 g/mol. The van der Waals surface area contributed by atoms with Crippen LogP contribution < -0.4 is 19.1 Å². The van der Waals surface area contributed by atoms with Gasteiger partial charge in [0.1, 0.15) is 17.2 Å². The van der Waals surface area contributed by atoms with Crippen molar-refractivity contribution in [2.24, 2.45) is 0 Å². The SMILES string of the molecule is COc1ccc(N(C(=O)c2ccc(OC(C)C)cc2)C2C=CS(=O)(=O)C2)c(OC)c1. The number of ether oxygens (including phenoxy) is 3. The van der Waals surface area contributed by atoms with E-state index in [4.69, 9.17) is 14.2 Å². The van der Waals surface area contributed by atoms with Gasteiger partial charge in [-0.1, -0.05) is 0 Å². The van der Waals surface area contributed by atoms with Gasteiger partial charge in [0.2, 0.25) is 0 Å². The number of benzene rings is 2. The molecular weight excluding hydrogens is 406 g/mol. The first-order valence-electron chi connectivity index (χ1n) is 9.47. The number of carbonyl (C=O) groups is 1. The van der Waals surface area contributed by atoms with Crippen LogP contribution in [0.25, 0.3) is 0 Å². The first-order chi connectivity index (χ1) is 14.2. The van der Waals surface area contributed by atoms with Crippen LogP contribution >= 0.6 is 0 Å². The van der Waals surface area contributed by atoms with Gasteiger partial charge in [-0.15, -0.1) is 0 Å². The van der Waals surface area contributed by atoms with Crippen molar-refractivity contribution < 1.29 is 27.4 Å². The number of anilines is 1. The lowest BCUT2D eigenvalue weighted by Gasteiger charge is -2.29. The molecule has 0 aliphatic carbocycles. The smallest absolute Gasteiger partial charge is 0.258 e. The molecule has 7 nitrogen and oxygen atoms in total. The van der Waals surface area contributed by atoms with Crippen LogP contribution in [0.4, 0.5) is 5.69 Å². The second kappa shape index (κ2) is 8.79. The molecule has 0 saturated heterocycles. The summed E-state index contributed by atoms with van der Waals surface area (Å²) in [6, 6.07) is 11.1. The van der Waals surface area contributed by atoms with Crippen LogP contribution in [-0.2, 0) is 9.84 Å². The molecule has 0 radical (unpaired) electrons. The Hall–Kier alpha value is -3.00. The van der Waals surface area contributed by atoms with E-state index in [1.165, 1.54) is 25.2 Å². The molecule has 8 heteroatoms. The minimum absolute atomic E-state index is 0.0143. The molecule has 0 saturated carbocycles. The van der Waals surface area contributed by atoms with Crippen molar-refractivity contribution >= 4 is 21.4 Å². The normalized spacial score (nSPS) is 17.0. The molecule has 1 unspecified atom stereocenters. The zero-order valence-corrected chi connectivity index (χ0v) is 18.2. The van der Waals surface area contributed by atoms with Gasteiger partial charge in [0.25, 0.3) is 5.91 Å². The van der Waals surface area contributed by atoms with Crippen LogP contribution in [0.5, 0.6) is 17.2 Å². The highest BCUT2D eigenvalue weighted by Gasteiger charge is 2.33. The molecule has 1 aliphatic heterocycles. The minimum atomic E-state index is -3.38. The molecule has 1 amide bonds. The second-order valence-corrected chi connectivity index (χ2v) is 9.06. The average Bonchev–Trinajstić information content (AvgIpc) is 3.07. The van der Waals surface area contributed by atoms with E-state index >= 15 is 0 Å². The van der Waals surface area contributed by atoms with E-state index < -0.39 is 15.9 Å². The van der Waals surface area contributed by atoms with E-state index in [1.807, 2.05) is 13.8 Å². The molecule has 3 rings (SSSR count). The fourth-order valence-electron chi connectivity index (χ4n) is 3.23. The Morgan fingerprint density at radius 3 is 2.23 bits per heavy atom. The molecule has 160 valence electrons. The molecule has 1 atom stereocenters. The van der Waals surface area contributed by atoms with Crippen molar-refractivity contribution in [3.63, 3.8) is 0 Å². The second-order valence-electron chi connectivity index (χ2n) is 7.13. The number of sulfone groups is 1. The van der Waals surface area contributed by atoms with E-state index in [0.717, 1.165) is 5.41 Å². The van der Waals surface area contributed by atoms with Crippen LogP contribution in [0.1, 0.15) is 24.2 Å². The Kier molecular flexibility index (Phi) is 6.36. The van der Waals surface area contributed by atoms with Gasteiger partial charge >= 0.3 is 0 Å². The van der Waals surface area contributed by atoms with Crippen LogP contribution in [0.2, 0.25) is 0 Å². The van der Waals surface area contributed by atoms with Gasteiger partial charge in [0.05, 0.1) is 37.8 Å². The summed E-state index contributed by atoms with van der Waals surface area (Å²) in [4.78, 5) is 14.9. The van der Waals surface area contributed by atoms with Crippen LogP contribution in [0.3, 0.4) is 0 Å². The Balaban J connectivity index is 2.02. The highest BCUT2D eigenvalue weighted by Crippen LogP contribution is 2.36. The quantitative estimate of drug-likeness (QED) is 0.668. The van der Waals surface area contributed by atoms with Gasteiger partial charge in [0.15, 0.2) is 9.84 Å². The number of amides is 1. The maximum Gasteiger partial charge on any atom is 0.258 e. The topological polar surface area (TPSA) is 82.1 Å². The summed E-state index contributed by atoms with van der Waals surface area (Å²) in [5, 5.41) is 1.15. The van der Waals surface area contributed by atoms with E-state index in [2.05, 4.69) is 0 Å². The summed E-state index contributed by atoms with van der Waals surface area (Å²) in [7, 11) is -0.358. The summed E-state index contributed by atoms with van der Waals surface area (Å²) in [6.07, 6.45) is 1.54. The molecule has 0 bridgehead atoms.